The van der Waals surface area contributed by atoms with Crippen LogP contribution in [0.1, 0.15) is 41.4 Å². The molecular formula is C22H29N5O2. The number of amides is 1. The van der Waals surface area contributed by atoms with E-state index >= 15 is 0 Å². The normalized spacial score (nSPS) is 17.7. The Morgan fingerprint density at radius 2 is 1.72 bits per heavy atom. The molecule has 2 aliphatic heterocycles. The molecule has 2 aliphatic rings. The molecule has 1 aromatic carbocycles. The number of hydrogen-bond donors (Lipinski definition) is 0. The number of carbonyl (C=O) groups excluding carboxylic acids is 2. The maximum absolute atomic E-state index is 12.6. The fourth-order valence-electron chi connectivity index (χ4n) is 4.17. The first kappa shape index (κ1) is 19.6. The number of piperazine rings is 1. The summed E-state index contributed by atoms with van der Waals surface area (Å²) in [5.74, 6) is -0.132. The summed E-state index contributed by atoms with van der Waals surface area (Å²) in [5.41, 5.74) is 4.37. The van der Waals surface area contributed by atoms with E-state index in [1.165, 1.54) is 41.3 Å². The Balaban J connectivity index is 1.34. The third-order valence-electron chi connectivity index (χ3n) is 5.92. The summed E-state index contributed by atoms with van der Waals surface area (Å²) in [6.45, 7) is 9.86. The molecular weight excluding hydrogens is 366 g/mol. The molecule has 154 valence electrons. The molecule has 2 saturated heterocycles. The van der Waals surface area contributed by atoms with Crippen LogP contribution in [0.4, 0.5) is 10.5 Å². The molecule has 0 spiro atoms. The van der Waals surface area contributed by atoms with Crippen molar-refractivity contribution in [3.63, 3.8) is 0 Å². The Morgan fingerprint density at radius 1 is 1.00 bits per heavy atom. The summed E-state index contributed by atoms with van der Waals surface area (Å²) in [7, 11) is 0. The highest BCUT2D eigenvalue weighted by molar-refractivity contribution is 5.92. The van der Waals surface area contributed by atoms with Crippen LogP contribution in [-0.4, -0.2) is 70.7 Å². The Bertz CT molecular complexity index is 892. The molecule has 4 rings (SSSR count). The average Bonchev–Trinajstić information content (AvgIpc) is 3.42. The molecule has 7 nitrogen and oxygen atoms in total. The van der Waals surface area contributed by atoms with Gasteiger partial charge >= 0.3 is 6.03 Å². The van der Waals surface area contributed by atoms with Crippen LogP contribution in [0.25, 0.3) is 0 Å². The van der Waals surface area contributed by atoms with Crippen molar-refractivity contribution in [3.05, 3.63) is 47.3 Å². The van der Waals surface area contributed by atoms with E-state index < -0.39 is 0 Å². The predicted molar refractivity (Wildman–Crippen MR) is 113 cm³/mol. The number of benzene rings is 1. The fraction of sp³-hybridized carbons (Fsp3) is 0.500. The smallest absolute Gasteiger partial charge is 0.344 e. The minimum absolute atomic E-state index is 0.132. The zero-order valence-electron chi connectivity index (χ0n) is 17.3. The number of anilines is 1. The molecule has 0 saturated carbocycles. The van der Waals surface area contributed by atoms with Crippen molar-refractivity contribution in [1.82, 2.24) is 19.6 Å². The molecule has 0 radical (unpaired) electrons. The summed E-state index contributed by atoms with van der Waals surface area (Å²) < 4.78 is 1.27. The Labute approximate surface area is 171 Å². The van der Waals surface area contributed by atoms with E-state index in [0.717, 1.165) is 32.7 Å². The number of carbonyl (C=O) groups is 2. The lowest BCUT2D eigenvalue weighted by molar-refractivity contribution is 0.101. The highest BCUT2D eigenvalue weighted by atomic mass is 16.2. The standard InChI is InChI=1S/C22H29N5O2/c1-17-5-6-19(15-21(17)25-8-3-4-9-25)16-24-11-13-26(14-12-24)22(29)27-10-7-20(23-27)18(2)28/h5-7,10,15H,3-4,8-9,11-14,16H2,1-2H3. The van der Waals surface area contributed by atoms with Crippen molar-refractivity contribution in [1.29, 1.82) is 0 Å². The molecule has 2 fully saturated rings. The largest absolute Gasteiger partial charge is 0.371 e. The van der Waals surface area contributed by atoms with Gasteiger partial charge in [0.2, 0.25) is 0 Å². The SMILES string of the molecule is CC(=O)c1ccn(C(=O)N2CCN(Cc3ccc(C)c(N4CCCC4)c3)CC2)n1. The first-order valence-electron chi connectivity index (χ1n) is 10.4. The van der Waals surface area contributed by atoms with Gasteiger partial charge in [0.1, 0.15) is 5.69 Å². The van der Waals surface area contributed by atoms with E-state index in [1.807, 2.05) is 0 Å². The second-order valence-corrected chi connectivity index (χ2v) is 8.06. The van der Waals surface area contributed by atoms with Crippen molar-refractivity contribution in [2.24, 2.45) is 0 Å². The molecule has 29 heavy (non-hydrogen) atoms. The third-order valence-corrected chi connectivity index (χ3v) is 5.92. The number of aryl methyl sites for hydroxylation is 1. The number of aromatic nitrogens is 2. The summed E-state index contributed by atoms with van der Waals surface area (Å²) >= 11 is 0. The van der Waals surface area contributed by atoms with E-state index in [0.29, 0.717) is 18.8 Å². The first-order valence-corrected chi connectivity index (χ1v) is 10.4. The molecule has 0 atom stereocenters. The molecule has 7 heteroatoms. The maximum atomic E-state index is 12.6. The Kier molecular flexibility index (Phi) is 5.67. The summed E-state index contributed by atoms with van der Waals surface area (Å²) in [6.07, 6.45) is 4.13. The van der Waals surface area contributed by atoms with Crippen LogP contribution in [-0.2, 0) is 6.54 Å². The van der Waals surface area contributed by atoms with Crippen LogP contribution in [0.5, 0.6) is 0 Å². The summed E-state index contributed by atoms with van der Waals surface area (Å²) in [4.78, 5) is 30.7. The van der Waals surface area contributed by atoms with Gasteiger partial charge in [-0.15, -0.1) is 0 Å². The van der Waals surface area contributed by atoms with Crippen LogP contribution in [0.15, 0.2) is 30.5 Å². The lowest BCUT2D eigenvalue weighted by Crippen LogP contribution is -2.49. The van der Waals surface area contributed by atoms with Crippen LogP contribution in [0, 0.1) is 6.92 Å². The lowest BCUT2D eigenvalue weighted by Gasteiger charge is -2.34. The van der Waals surface area contributed by atoms with Crippen LogP contribution in [0.2, 0.25) is 0 Å². The van der Waals surface area contributed by atoms with Gasteiger partial charge in [0.05, 0.1) is 0 Å². The van der Waals surface area contributed by atoms with Crippen molar-refractivity contribution in [2.45, 2.75) is 33.2 Å². The Hall–Kier alpha value is -2.67. The number of nitrogens with zero attached hydrogens (tertiary/aromatic N) is 5. The van der Waals surface area contributed by atoms with Gasteiger partial charge in [-0.25, -0.2) is 4.79 Å². The van der Waals surface area contributed by atoms with Crippen LogP contribution < -0.4 is 4.90 Å². The quantitative estimate of drug-likeness (QED) is 0.745. The molecule has 0 bridgehead atoms. The molecule has 3 heterocycles. The van der Waals surface area contributed by atoms with E-state index in [4.69, 9.17) is 0 Å². The molecule has 1 amide bonds. The van der Waals surface area contributed by atoms with Gasteiger partial charge in [0, 0.05) is 64.6 Å². The van der Waals surface area contributed by atoms with E-state index in [2.05, 4.69) is 40.0 Å². The summed E-state index contributed by atoms with van der Waals surface area (Å²) in [6, 6.07) is 8.22. The third kappa shape index (κ3) is 4.34. The van der Waals surface area contributed by atoms with Crippen LogP contribution >= 0.6 is 0 Å². The molecule has 0 unspecified atom stereocenters. The van der Waals surface area contributed by atoms with E-state index in [9.17, 15) is 9.59 Å². The number of rotatable bonds is 4. The zero-order valence-corrected chi connectivity index (χ0v) is 17.3. The van der Waals surface area contributed by atoms with E-state index in [-0.39, 0.29) is 11.8 Å². The molecule has 0 N–H and O–H groups in total. The average molecular weight is 396 g/mol. The second-order valence-electron chi connectivity index (χ2n) is 8.06. The van der Waals surface area contributed by atoms with Gasteiger partial charge < -0.3 is 9.80 Å². The number of ketones is 1. The second kappa shape index (κ2) is 8.37. The number of hydrogen-bond acceptors (Lipinski definition) is 5. The van der Waals surface area contributed by atoms with Crippen molar-refractivity contribution < 1.29 is 9.59 Å². The van der Waals surface area contributed by atoms with Crippen molar-refractivity contribution >= 4 is 17.5 Å². The van der Waals surface area contributed by atoms with Gasteiger partial charge in [-0.2, -0.15) is 9.78 Å². The van der Waals surface area contributed by atoms with Crippen molar-refractivity contribution in [3.8, 4) is 0 Å². The maximum Gasteiger partial charge on any atom is 0.344 e. The predicted octanol–water partition coefficient (Wildman–Crippen LogP) is 2.78. The highest BCUT2D eigenvalue weighted by Gasteiger charge is 2.23. The van der Waals surface area contributed by atoms with Gasteiger partial charge in [-0.05, 0) is 43.0 Å². The van der Waals surface area contributed by atoms with Gasteiger partial charge in [-0.3, -0.25) is 9.69 Å². The molecule has 1 aromatic heterocycles. The number of Topliss-reactive ketones (excluding diaryl/α,β-unsaturated/α-hetero) is 1. The minimum Gasteiger partial charge on any atom is -0.371 e. The Morgan fingerprint density at radius 3 is 2.38 bits per heavy atom. The first-order chi connectivity index (χ1) is 14.0. The van der Waals surface area contributed by atoms with E-state index in [1.54, 1.807) is 17.2 Å². The minimum atomic E-state index is -0.163. The fourth-order valence-corrected chi connectivity index (χ4v) is 4.17. The van der Waals surface area contributed by atoms with Gasteiger partial charge in [0.15, 0.2) is 5.78 Å². The van der Waals surface area contributed by atoms with Gasteiger partial charge in [0.25, 0.3) is 0 Å². The molecule has 0 aliphatic carbocycles. The van der Waals surface area contributed by atoms with Crippen LogP contribution in [0.3, 0.4) is 0 Å². The highest BCUT2D eigenvalue weighted by Crippen LogP contribution is 2.26. The molecule has 2 aromatic rings. The van der Waals surface area contributed by atoms with Gasteiger partial charge in [-0.1, -0.05) is 12.1 Å². The lowest BCUT2D eigenvalue weighted by atomic mass is 10.1. The summed E-state index contributed by atoms with van der Waals surface area (Å²) in [5, 5.41) is 4.08. The monoisotopic (exact) mass is 395 g/mol. The topological polar surface area (TPSA) is 61.7 Å². The zero-order chi connectivity index (χ0) is 20.4. The van der Waals surface area contributed by atoms with Crippen molar-refractivity contribution in [2.75, 3.05) is 44.2 Å².